The fraction of sp³-hybridized carbons (Fsp3) is 0.632. The van der Waals surface area contributed by atoms with Crippen LogP contribution in [0.15, 0.2) is 12.4 Å². The highest BCUT2D eigenvalue weighted by atomic mass is 19.4. The van der Waals surface area contributed by atoms with Crippen molar-refractivity contribution < 1.29 is 17.9 Å². The van der Waals surface area contributed by atoms with Gasteiger partial charge in [-0.2, -0.15) is 23.3 Å². The molecule has 2 aromatic heterocycles. The first-order valence-electron chi connectivity index (χ1n) is 10.1. The Morgan fingerprint density at radius 1 is 1.20 bits per heavy atom. The minimum atomic E-state index is -4.32. The first kappa shape index (κ1) is 20.9. The van der Waals surface area contributed by atoms with E-state index < -0.39 is 12.6 Å². The molecular weight excluding hydrogens is 399 g/mol. The number of nitrogens with one attached hydrogen (secondary N) is 2. The van der Waals surface area contributed by atoms with Gasteiger partial charge in [-0.05, 0) is 19.8 Å². The molecule has 11 heteroatoms. The van der Waals surface area contributed by atoms with Gasteiger partial charge in [0.2, 0.25) is 5.95 Å². The fourth-order valence-electron chi connectivity index (χ4n) is 3.89. The molecule has 8 nitrogen and oxygen atoms in total. The number of likely N-dealkylation sites (tertiary alicyclic amines) is 1. The molecule has 2 aliphatic rings. The second-order valence-electron chi connectivity index (χ2n) is 7.80. The van der Waals surface area contributed by atoms with Gasteiger partial charge in [0.1, 0.15) is 5.82 Å². The number of aryl methyl sites for hydroxylation is 1. The summed E-state index contributed by atoms with van der Waals surface area (Å²) in [5.74, 6) is 0.384. The molecule has 0 unspecified atom stereocenters. The normalized spacial score (nSPS) is 19.0. The van der Waals surface area contributed by atoms with Crippen molar-refractivity contribution in [1.29, 1.82) is 0 Å². The molecule has 164 valence electrons. The van der Waals surface area contributed by atoms with Gasteiger partial charge in [-0.3, -0.25) is 9.58 Å². The van der Waals surface area contributed by atoms with E-state index in [4.69, 9.17) is 4.74 Å². The average molecular weight is 425 g/mol. The Bertz CT molecular complexity index is 873. The van der Waals surface area contributed by atoms with Gasteiger partial charge in [0.15, 0.2) is 0 Å². The zero-order valence-corrected chi connectivity index (χ0v) is 17.0. The number of nitrogens with zero attached hydrogens (tertiary/aromatic N) is 5. The van der Waals surface area contributed by atoms with Crippen molar-refractivity contribution in [2.24, 2.45) is 0 Å². The summed E-state index contributed by atoms with van der Waals surface area (Å²) in [7, 11) is 1.54. The monoisotopic (exact) mass is 425 g/mol. The lowest BCUT2D eigenvalue weighted by atomic mass is 10.0. The number of hydrogen-bond acceptors (Lipinski definition) is 7. The van der Waals surface area contributed by atoms with Crippen molar-refractivity contribution in [1.82, 2.24) is 24.6 Å². The first-order chi connectivity index (χ1) is 14.3. The van der Waals surface area contributed by atoms with Gasteiger partial charge in [0.05, 0.1) is 43.1 Å². The number of alkyl halides is 3. The lowest BCUT2D eigenvalue weighted by Gasteiger charge is -2.41. The summed E-state index contributed by atoms with van der Waals surface area (Å²) in [4.78, 5) is 10.7. The highest BCUT2D eigenvalue weighted by Gasteiger charge is 2.31. The Morgan fingerprint density at radius 2 is 1.93 bits per heavy atom. The largest absolute Gasteiger partial charge is 0.393 e. The summed E-state index contributed by atoms with van der Waals surface area (Å²) in [6, 6.07) is 0.876. The molecule has 0 amide bonds. The molecule has 0 aromatic carbocycles. The predicted octanol–water partition coefficient (Wildman–Crippen LogP) is 2.91. The number of ether oxygens (including phenoxy) is 1. The Kier molecular flexibility index (Phi) is 5.83. The van der Waals surface area contributed by atoms with E-state index in [0.717, 1.165) is 50.5 Å². The lowest BCUT2D eigenvalue weighted by Crippen LogP contribution is -2.51. The Morgan fingerprint density at radius 3 is 2.53 bits per heavy atom. The molecule has 0 radical (unpaired) electrons. The highest BCUT2D eigenvalue weighted by Crippen LogP contribution is 2.29. The summed E-state index contributed by atoms with van der Waals surface area (Å²) in [6.45, 7) is 5.59. The molecule has 0 spiro atoms. The molecule has 0 atom stereocenters. The summed E-state index contributed by atoms with van der Waals surface area (Å²) >= 11 is 0. The molecule has 2 fully saturated rings. The summed E-state index contributed by atoms with van der Waals surface area (Å²) in [5.41, 5.74) is 1.54. The number of anilines is 3. The SMILES string of the molecule is CNc1nc(Nc2cn(C3CCN(C4COC4)CC3)nc2C)ncc1CC(F)(F)F. The van der Waals surface area contributed by atoms with E-state index in [0.29, 0.717) is 12.1 Å². The minimum absolute atomic E-state index is 0.00610. The van der Waals surface area contributed by atoms with E-state index in [-0.39, 0.29) is 17.3 Å². The van der Waals surface area contributed by atoms with Crippen LogP contribution >= 0.6 is 0 Å². The van der Waals surface area contributed by atoms with Crippen LogP contribution in [0, 0.1) is 6.92 Å². The van der Waals surface area contributed by atoms with Gasteiger partial charge in [-0.1, -0.05) is 0 Å². The Labute approximate surface area is 172 Å². The van der Waals surface area contributed by atoms with Crippen LogP contribution in [-0.2, 0) is 11.2 Å². The van der Waals surface area contributed by atoms with E-state index in [1.54, 1.807) is 0 Å². The smallest absolute Gasteiger partial charge is 0.378 e. The minimum Gasteiger partial charge on any atom is -0.378 e. The van der Waals surface area contributed by atoms with Gasteiger partial charge < -0.3 is 15.4 Å². The number of rotatable bonds is 6. The van der Waals surface area contributed by atoms with Gasteiger partial charge in [-0.15, -0.1) is 0 Å². The van der Waals surface area contributed by atoms with Crippen LogP contribution in [0.4, 0.5) is 30.6 Å². The van der Waals surface area contributed by atoms with Crippen molar-refractivity contribution in [3.05, 3.63) is 23.7 Å². The summed E-state index contributed by atoms with van der Waals surface area (Å²) in [5, 5.41) is 10.4. The number of hydrogen-bond donors (Lipinski definition) is 2. The van der Waals surface area contributed by atoms with Crippen molar-refractivity contribution in [2.45, 2.75) is 44.4 Å². The zero-order valence-electron chi connectivity index (χ0n) is 17.0. The molecule has 2 N–H and O–H groups in total. The lowest BCUT2D eigenvalue weighted by molar-refractivity contribution is -0.127. The van der Waals surface area contributed by atoms with Crippen LogP contribution in [0.2, 0.25) is 0 Å². The molecule has 0 aliphatic carbocycles. The van der Waals surface area contributed by atoms with E-state index in [2.05, 4.69) is 30.6 Å². The Hall–Kier alpha value is -2.40. The topological polar surface area (TPSA) is 80.1 Å². The van der Waals surface area contributed by atoms with E-state index in [1.807, 2.05) is 17.8 Å². The van der Waals surface area contributed by atoms with Crippen molar-refractivity contribution in [3.8, 4) is 0 Å². The molecule has 2 saturated heterocycles. The molecule has 0 saturated carbocycles. The molecular formula is C19H26F3N7O. The van der Waals surface area contributed by atoms with Crippen molar-refractivity contribution in [2.75, 3.05) is 44.0 Å². The van der Waals surface area contributed by atoms with Crippen molar-refractivity contribution in [3.63, 3.8) is 0 Å². The van der Waals surface area contributed by atoms with Gasteiger partial charge in [0.25, 0.3) is 0 Å². The Balaban J connectivity index is 1.42. The van der Waals surface area contributed by atoms with Crippen LogP contribution in [0.1, 0.15) is 30.1 Å². The molecule has 0 bridgehead atoms. The number of halogens is 3. The number of piperidine rings is 1. The first-order valence-corrected chi connectivity index (χ1v) is 10.1. The standard InChI is InChI=1S/C19H26F3N7O/c1-12-16(25-18-24-8-13(7-19(20,21)22)17(23-2)26-18)9-29(27-12)14-3-5-28(6-4-14)15-10-30-11-15/h8-9,14-15H,3-7,10-11H2,1-2H3,(H2,23,24,25,26). The summed E-state index contributed by atoms with van der Waals surface area (Å²) in [6.07, 6.45) is -0.232. The molecule has 2 aliphatic heterocycles. The fourth-order valence-corrected chi connectivity index (χ4v) is 3.89. The molecule has 4 heterocycles. The third kappa shape index (κ3) is 4.67. The van der Waals surface area contributed by atoms with E-state index in [9.17, 15) is 13.2 Å². The predicted molar refractivity (Wildman–Crippen MR) is 106 cm³/mol. The maximum absolute atomic E-state index is 12.7. The van der Waals surface area contributed by atoms with Crippen molar-refractivity contribution >= 4 is 17.5 Å². The van der Waals surface area contributed by atoms with Crippen LogP contribution in [0.25, 0.3) is 0 Å². The number of aromatic nitrogens is 4. The van der Waals surface area contributed by atoms with Crippen LogP contribution < -0.4 is 10.6 Å². The van der Waals surface area contributed by atoms with E-state index in [1.165, 1.54) is 13.2 Å². The van der Waals surface area contributed by atoms with Crippen LogP contribution in [0.3, 0.4) is 0 Å². The maximum Gasteiger partial charge on any atom is 0.393 e. The van der Waals surface area contributed by atoms with Gasteiger partial charge >= 0.3 is 6.18 Å². The van der Waals surface area contributed by atoms with Crippen LogP contribution in [0.5, 0.6) is 0 Å². The molecule has 4 rings (SSSR count). The van der Waals surface area contributed by atoms with E-state index >= 15 is 0 Å². The summed E-state index contributed by atoms with van der Waals surface area (Å²) < 4.78 is 45.4. The second-order valence-corrected chi connectivity index (χ2v) is 7.80. The van der Waals surface area contributed by atoms with Gasteiger partial charge in [0, 0.05) is 38.1 Å². The van der Waals surface area contributed by atoms with Crippen LogP contribution in [-0.4, -0.2) is 70.2 Å². The second kappa shape index (κ2) is 8.38. The van der Waals surface area contributed by atoms with Gasteiger partial charge in [-0.25, -0.2) is 4.98 Å². The molecule has 2 aromatic rings. The average Bonchev–Trinajstić information content (AvgIpc) is 3.01. The third-order valence-electron chi connectivity index (χ3n) is 5.67. The maximum atomic E-state index is 12.7. The third-order valence-corrected chi connectivity index (χ3v) is 5.67. The zero-order chi connectivity index (χ0) is 21.3. The highest BCUT2D eigenvalue weighted by molar-refractivity contribution is 5.57. The quantitative estimate of drug-likeness (QED) is 0.737. The molecule has 30 heavy (non-hydrogen) atoms.